The molecule has 0 saturated carbocycles. The molecule has 0 aromatic heterocycles. The van der Waals surface area contributed by atoms with Gasteiger partial charge < -0.3 is 14.9 Å². The van der Waals surface area contributed by atoms with Gasteiger partial charge in [-0.3, -0.25) is 0 Å². The lowest BCUT2D eigenvalue weighted by molar-refractivity contribution is 0.0834. The van der Waals surface area contributed by atoms with E-state index in [0.29, 0.717) is 6.42 Å². The second-order valence-corrected chi connectivity index (χ2v) is 5.04. The van der Waals surface area contributed by atoms with Gasteiger partial charge in [-0.15, -0.1) is 0 Å². The largest absolute Gasteiger partial charge is 0.494 e. The number of benzene rings is 1. The van der Waals surface area contributed by atoms with Crippen LogP contribution in [0.5, 0.6) is 5.75 Å². The minimum atomic E-state index is -0.643. The van der Waals surface area contributed by atoms with Crippen molar-refractivity contribution in [1.82, 2.24) is 0 Å². The Labute approximate surface area is 116 Å². The van der Waals surface area contributed by atoms with Gasteiger partial charge in [-0.05, 0) is 48.4 Å². The SMILES string of the molecule is CCCOc1ccc(C(C)CC(O)CO)c(CC)c1. The molecule has 0 bridgehead atoms. The second kappa shape index (κ2) is 8.18. The molecule has 2 N–H and O–H groups in total. The number of rotatable bonds is 8. The van der Waals surface area contributed by atoms with Crippen molar-refractivity contribution in [2.75, 3.05) is 13.2 Å². The lowest BCUT2D eigenvalue weighted by Gasteiger charge is -2.19. The molecule has 108 valence electrons. The fourth-order valence-electron chi connectivity index (χ4n) is 2.29. The number of aliphatic hydroxyl groups is 2. The molecule has 2 unspecified atom stereocenters. The van der Waals surface area contributed by atoms with Crippen LogP contribution in [0.25, 0.3) is 0 Å². The molecule has 0 aliphatic carbocycles. The molecule has 0 amide bonds. The van der Waals surface area contributed by atoms with Crippen LogP contribution in [0.1, 0.15) is 50.7 Å². The molecule has 0 radical (unpaired) electrons. The van der Waals surface area contributed by atoms with E-state index in [2.05, 4.69) is 32.9 Å². The van der Waals surface area contributed by atoms with Crippen LogP contribution in [0.3, 0.4) is 0 Å². The van der Waals surface area contributed by atoms with E-state index >= 15 is 0 Å². The van der Waals surface area contributed by atoms with Gasteiger partial charge in [0.1, 0.15) is 5.75 Å². The molecule has 0 aliphatic rings. The zero-order valence-corrected chi connectivity index (χ0v) is 12.2. The molecular formula is C16H26O3. The highest BCUT2D eigenvalue weighted by Crippen LogP contribution is 2.28. The fourth-order valence-corrected chi connectivity index (χ4v) is 2.29. The molecule has 2 atom stereocenters. The molecule has 3 nitrogen and oxygen atoms in total. The first-order valence-corrected chi connectivity index (χ1v) is 7.16. The van der Waals surface area contributed by atoms with Gasteiger partial charge >= 0.3 is 0 Å². The highest BCUT2D eigenvalue weighted by atomic mass is 16.5. The normalized spacial score (nSPS) is 14.2. The van der Waals surface area contributed by atoms with Gasteiger partial charge in [0.2, 0.25) is 0 Å². The molecule has 19 heavy (non-hydrogen) atoms. The van der Waals surface area contributed by atoms with Gasteiger partial charge in [0.05, 0.1) is 19.3 Å². The Hall–Kier alpha value is -1.06. The van der Waals surface area contributed by atoms with E-state index in [1.165, 1.54) is 11.1 Å². The summed E-state index contributed by atoms with van der Waals surface area (Å²) in [6.07, 6.45) is 1.88. The zero-order valence-electron chi connectivity index (χ0n) is 12.2. The first kappa shape index (κ1) is 16.0. The molecule has 0 heterocycles. The van der Waals surface area contributed by atoms with Crippen LogP contribution in [0, 0.1) is 0 Å². The molecule has 1 rings (SSSR count). The van der Waals surface area contributed by atoms with Gasteiger partial charge in [-0.25, -0.2) is 0 Å². The first-order chi connectivity index (χ1) is 9.12. The summed E-state index contributed by atoms with van der Waals surface area (Å²) < 4.78 is 5.65. The Morgan fingerprint density at radius 2 is 2.00 bits per heavy atom. The average Bonchev–Trinajstić information content (AvgIpc) is 2.44. The van der Waals surface area contributed by atoms with Crippen molar-refractivity contribution in [2.45, 2.75) is 52.1 Å². The zero-order chi connectivity index (χ0) is 14.3. The van der Waals surface area contributed by atoms with Gasteiger partial charge in [0, 0.05) is 0 Å². The van der Waals surface area contributed by atoms with E-state index in [1.54, 1.807) is 0 Å². The van der Waals surface area contributed by atoms with Crippen molar-refractivity contribution < 1.29 is 14.9 Å². The number of hydrogen-bond acceptors (Lipinski definition) is 3. The van der Waals surface area contributed by atoms with Crippen LogP contribution in [-0.2, 0) is 6.42 Å². The molecule has 0 aliphatic heterocycles. The molecule has 0 spiro atoms. The maximum atomic E-state index is 9.55. The van der Waals surface area contributed by atoms with E-state index < -0.39 is 6.10 Å². The Bertz CT molecular complexity index is 376. The topological polar surface area (TPSA) is 49.7 Å². The van der Waals surface area contributed by atoms with Crippen molar-refractivity contribution in [3.05, 3.63) is 29.3 Å². The van der Waals surface area contributed by atoms with E-state index in [9.17, 15) is 5.11 Å². The van der Waals surface area contributed by atoms with Crippen LogP contribution in [0.2, 0.25) is 0 Å². The summed E-state index contributed by atoms with van der Waals surface area (Å²) in [5.74, 6) is 1.15. The lowest BCUT2D eigenvalue weighted by Crippen LogP contribution is -2.15. The molecular weight excluding hydrogens is 240 g/mol. The summed E-state index contributed by atoms with van der Waals surface area (Å²) in [7, 11) is 0. The third-order valence-electron chi connectivity index (χ3n) is 3.34. The van der Waals surface area contributed by atoms with Crippen molar-refractivity contribution in [3.8, 4) is 5.75 Å². The highest BCUT2D eigenvalue weighted by Gasteiger charge is 2.14. The third kappa shape index (κ3) is 4.84. The number of ether oxygens (including phenoxy) is 1. The summed E-state index contributed by atoms with van der Waals surface area (Å²) in [6, 6.07) is 6.16. The van der Waals surface area contributed by atoms with Gasteiger partial charge in [-0.2, -0.15) is 0 Å². The van der Waals surface area contributed by atoms with E-state index in [1.807, 2.05) is 6.07 Å². The average molecular weight is 266 g/mol. The third-order valence-corrected chi connectivity index (χ3v) is 3.34. The van der Waals surface area contributed by atoms with Crippen LogP contribution < -0.4 is 4.74 Å². The van der Waals surface area contributed by atoms with Gasteiger partial charge in [0.25, 0.3) is 0 Å². The van der Waals surface area contributed by atoms with Crippen molar-refractivity contribution in [3.63, 3.8) is 0 Å². The Kier molecular flexibility index (Phi) is 6.89. The summed E-state index contributed by atoms with van der Waals surface area (Å²) in [6.45, 7) is 6.86. The Morgan fingerprint density at radius 1 is 1.26 bits per heavy atom. The molecule has 3 heteroatoms. The predicted molar refractivity (Wildman–Crippen MR) is 77.7 cm³/mol. The predicted octanol–water partition coefficient (Wildman–Crippen LogP) is 2.88. The van der Waals surface area contributed by atoms with Crippen LogP contribution >= 0.6 is 0 Å². The van der Waals surface area contributed by atoms with Gasteiger partial charge in [0.15, 0.2) is 0 Å². The number of hydrogen-bond donors (Lipinski definition) is 2. The number of aliphatic hydroxyl groups excluding tert-OH is 2. The molecule has 1 aromatic carbocycles. The Morgan fingerprint density at radius 3 is 2.58 bits per heavy atom. The van der Waals surface area contributed by atoms with E-state index in [-0.39, 0.29) is 12.5 Å². The lowest BCUT2D eigenvalue weighted by atomic mass is 9.90. The molecule has 1 aromatic rings. The highest BCUT2D eigenvalue weighted by molar-refractivity contribution is 5.37. The smallest absolute Gasteiger partial charge is 0.119 e. The molecule has 0 saturated heterocycles. The quantitative estimate of drug-likeness (QED) is 0.760. The van der Waals surface area contributed by atoms with Crippen LogP contribution in [0.15, 0.2) is 18.2 Å². The first-order valence-electron chi connectivity index (χ1n) is 7.16. The summed E-state index contributed by atoms with van der Waals surface area (Å²) in [4.78, 5) is 0. The van der Waals surface area contributed by atoms with Crippen LogP contribution in [-0.4, -0.2) is 29.5 Å². The summed E-state index contributed by atoms with van der Waals surface area (Å²) in [5, 5.41) is 18.5. The monoisotopic (exact) mass is 266 g/mol. The maximum absolute atomic E-state index is 9.55. The minimum Gasteiger partial charge on any atom is -0.494 e. The van der Waals surface area contributed by atoms with E-state index in [4.69, 9.17) is 9.84 Å². The summed E-state index contributed by atoms with van der Waals surface area (Å²) >= 11 is 0. The van der Waals surface area contributed by atoms with Crippen molar-refractivity contribution in [1.29, 1.82) is 0 Å². The van der Waals surface area contributed by atoms with Crippen molar-refractivity contribution in [2.24, 2.45) is 0 Å². The Balaban J connectivity index is 2.82. The minimum absolute atomic E-state index is 0.177. The summed E-state index contributed by atoms with van der Waals surface area (Å²) in [5.41, 5.74) is 2.49. The standard InChI is InChI=1S/C16H26O3/c1-4-8-19-15-6-7-16(13(5-2)10-15)12(3)9-14(18)11-17/h6-7,10,12,14,17-18H,4-5,8-9,11H2,1-3H3. The fraction of sp³-hybridized carbons (Fsp3) is 0.625. The van der Waals surface area contributed by atoms with Gasteiger partial charge in [-0.1, -0.05) is 26.8 Å². The molecule has 0 fully saturated rings. The van der Waals surface area contributed by atoms with Crippen molar-refractivity contribution >= 4 is 0 Å². The maximum Gasteiger partial charge on any atom is 0.119 e. The second-order valence-electron chi connectivity index (χ2n) is 5.04. The van der Waals surface area contributed by atoms with Crippen LogP contribution in [0.4, 0.5) is 0 Å². The van der Waals surface area contributed by atoms with E-state index in [0.717, 1.165) is 25.2 Å². The number of aryl methyl sites for hydroxylation is 1.